The van der Waals surface area contributed by atoms with Crippen molar-refractivity contribution in [3.63, 3.8) is 0 Å². The summed E-state index contributed by atoms with van der Waals surface area (Å²) >= 11 is 0. The van der Waals surface area contributed by atoms with Crippen LogP contribution in [0.25, 0.3) is 0 Å². The topological polar surface area (TPSA) is 91.9 Å². The molecule has 0 atom stereocenters. The Morgan fingerprint density at radius 2 is 2.00 bits per heavy atom. The number of nitrogens with zero attached hydrogens (tertiary/aromatic N) is 5. The molecule has 0 spiro atoms. The molecule has 0 aromatic carbocycles. The van der Waals surface area contributed by atoms with Crippen LogP contribution in [0.2, 0.25) is 0 Å². The normalized spacial score (nSPS) is 16.9. The van der Waals surface area contributed by atoms with Crippen molar-refractivity contribution in [1.29, 1.82) is 5.26 Å². The number of nitriles is 1. The van der Waals surface area contributed by atoms with Crippen molar-refractivity contribution >= 4 is 10.0 Å². The van der Waals surface area contributed by atoms with E-state index in [0.717, 1.165) is 8.87 Å². The van der Waals surface area contributed by atoms with Crippen molar-refractivity contribution in [2.75, 3.05) is 12.3 Å². The fourth-order valence-electron chi connectivity index (χ4n) is 1.76. The zero-order chi connectivity index (χ0) is 14.3. The Balaban J connectivity index is 2.29. The molecule has 0 saturated carbocycles. The molecule has 1 aromatic heterocycles. The molecule has 1 aliphatic heterocycles. The van der Waals surface area contributed by atoms with Gasteiger partial charge in [0.1, 0.15) is 5.82 Å². The van der Waals surface area contributed by atoms with E-state index in [-0.39, 0.29) is 25.5 Å². The first-order valence-corrected chi connectivity index (χ1v) is 6.70. The van der Waals surface area contributed by atoms with Crippen molar-refractivity contribution in [3.8, 4) is 6.07 Å². The maximum atomic E-state index is 12.6. The van der Waals surface area contributed by atoms with Gasteiger partial charge in [-0.1, -0.05) is 0 Å². The fourth-order valence-corrected chi connectivity index (χ4v) is 2.77. The Hall–Kier alpha value is -1.67. The number of rotatable bonds is 2. The average molecular weight is 295 g/mol. The molecule has 104 valence electrons. The molecule has 0 unspecified atom stereocenters. The third-order valence-corrected chi connectivity index (χ3v) is 4.20. The van der Waals surface area contributed by atoms with Crippen LogP contribution in [-0.2, 0) is 29.3 Å². The van der Waals surface area contributed by atoms with Crippen LogP contribution in [0, 0.1) is 11.3 Å². The van der Waals surface area contributed by atoms with E-state index in [4.69, 9.17) is 5.26 Å². The third-order valence-electron chi connectivity index (χ3n) is 2.61. The molecule has 0 saturated heterocycles. The van der Waals surface area contributed by atoms with Crippen molar-refractivity contribution in [2.24, 2.45) is 0 Å². The number of sulfonamides is 1. The van der Waals surface area contributed by atoms with Gasteiger partial charge in [0.2, 0.25) is 15.8 Å². The van der Waals surface area contributed by atoms with Crippen molar-refractivity contribution < 1.29 is 21.6 Å². The molecule has 2 rings (SSSR count). The minimum absolute atomic E-state index is 0.0833. The monoisotopic (exact) mass is 295 g/mol. The van der Waals surface area contributed by atoms with Crippen molar-refractivity contribution in [2.45, 2.75) is 19.3 Å². The van der Waals surface area contributed by atoms with Gasteiger partial charge in [-0.25, -0.2) is 8.42 Å². The highest BCUT2D eigenvalue weighted by Gasteiger charge is 2.40. The molecule has 0 aliphatic carbocycles. The summed E-state index contributed by atoms with van der Waals surface area (Å²) < 4.78 is 62.7. The molecule has 0 bridgehead atoms. The lowest BCUT2D eigenvalue weighted by Crippen LogP contribution is -2.40. The van der Waals surface area contributed by atoms with E-state index >= 15 is 0 Å². The predicted octanol–water partition coefficient (Wildman–Crippen LogP) is -0.0341. The Labute approximate surface area is 106 Å². The molecule has 1 aromatic rings. The smallest absolute Gasteiger partial charge is 0.305 e. The number of fused-ring (bicyclic) bond motifs is 1. The van der Waals surface area contributed by atoms with Crippen molar-refractivity contribution in [3.05, 3.63) is 11.6 Å². The Kier molecular flexibility index (Phi) is 3.23. The first-order chi connectivity index (χ1) is 8.75. The minimum Gasteiger partial charge on any atom is -0.305 e. The van der Waals surface area contributed by atoms with E-state index in [0.29, 0.717) is 0 Å². The van der Waals surface area contributed by atoms with E-state index in [2.05, 4.69) is 10.2 Å². The van der Waals surface area contributed by atoms with Crippen molar-refractivity contribution in [1.82, 2.24) is 19.1 Å². The van der Waals surface area contributed by atoms with Gasteiger partial charge in [0.15, 0.2) is 5.75 Å². The molecule has 0 fully saturated rings. The summed E-state index contributed by atoms with van der Waals surface area (Å²) in [5, 5.41) is 14.8. The SMILES string of the molecule is N#CCS(=O)(=O)N1CCn2c(nnc2C(F)(F)F)C1. The molecule has 0 amide bonds. The first-order valence-electron chi connectivity index (χ1n) is 5.10. The summed E-state index contributed by atoms with van der Waals surface area (Å²) in [7, 11) is -3.79. The summed E-state index contributed by atoms with van der Waals surface area (Å²) in [5.74, 6) is -1.94. The number of aromatic nitrogens is 3. The van der Waals surface area contributed by atoms with Gasteiger partial charge in [0.25, 0.3) is 0 Å². The molecule has 19 heavy (non-hydrogen) atoms. The van der Waals surface area contributed by atoms with Crippen LogP contribution < -0.4 is 0 Å². The van der Waals surface area contributed by atoms with Crippen LogP contribution in [0.4, 0.5) is 13.2 Å². The summed E-state index contributed by atoms with van der Waals surface area (Å²) in [5.41, 5.74) is 0. The van der Waals surface area contributed by atoms with E-state index in [1.165, 1.54) is 6.07 Å². The Bertz CT molecular complexity index is 630. The van der Waals surface area contributed by atoms with Crippen LogP contribution in [-0.4, -0.2) is 39.8 Å². The van der Waals surface area contributed by atoms with Gasteiger partial charge in [0.05, 0.1) is 12.6 Å². The fraction of sp³-hybridized carbons (Fsp3) is 0.625. The van der Waals surface area contributed by atoms with Gasteiger partial charge in [-0.3, -0.25) is 0 Å². The highest BCUT2D eigenvalue weighted by molar-refractivity contribution is 7.89. The Morgan fingerprint density at radius 3 is 2.58 bits per heavy atom. The van der Waals surface area contributed by atoms with Gasteiger partial charge in [-0.15, -0.1) is 10.2 Å². The quantitative estimate of drug-likeness (QED) is 0.763. The van der Waals surface area contributed by atoms with Crippen LogP contribution in [0.15, 0.2) is 0 Å². The average Bonchev–Trinajstić information content (AvgIpc) is 2.70. The number of hydrogen-bond acceptors (Lipinski definition) is 5. The zero-order valence-corrected chi connectivity index (χ0v) is 10.2. The van der Waals surface area contributed by atoms with Crippen LogP contribution in [0.1, 0.15) is 11.6 Å². The molecule has 7 nitrogen and oxygen atoms in total. The largest absolute Gasteiger partial charge is 0.451 e. The number of hydrogen-bond donors (Lipinski definition) is 0. The lowest BCUT2D eigenvalue weighted by molar-refractivity contribution is -0.147. The van der Waals surface area contributed by atoms with Gasteiger partial charge >= 0.3 is 6.18 Å². The first kappa shape index (κ1) is 13.8. The van der Waals surface area contributed by atoms with E-state index < -0.39 is 27.8 Å². The molecule has 0 radical (unpaired) electrons. The lowest BCUT2D eigenvalue weighted by Gasteiger charge is -2.26. The van der Waals surface area contributed by atoms with E-state index in [1.54, 1.807) is 0 Å². The molecule has 1 aliphatic rings. The maximum absolute atomic E-state index is 12.6. The van der Waals surface area contributed by atoms with Gasteiger partial charge in [-0.05, 0) is 0 Å². The molecule has 11 heteroatoms. The second kappa shape index (κ2) is 4.46. The van der Waals surface area contributed by atoms with Gasteiger partial charge < -0.3 is 4.57 Å². The molecular weight excluding hydrogens is 287 g/mol. The van der Waals surface area contributed by atoms with E-state index in [1.807, 2.05) is 0 Å². The van der Waals surface area contributed by atoms with Gasteiger partial charge in [-0.2, -0.15) is 22.7 Å². The number of alkyl halides is 3. The van der Waals surface area contributed by atoms with Gasteiger partial charge in [0, 0.05) is 13.1 Å². The summed E-state index contributed by atoms with van der Waals surface area (Å²) in [4.78, 5) is 0. The second-order valence-electron chi connectivity index (χ2n) is 3.84. The standard InChI is InChI=1S/C8H8F3N5O2S/c9-8(10,11)7-14-13-6-5-15(2-3-16(6)7)19(17,18)4-1-12/h2-5H2. The Morgan fingerprint density at radius 1 is 1.32 bits per heavy atom. The second-order valence-corrected chi connectivity index (χ2v) is 5.81. The van der Waals surface area contributed by atoms with E-state index in [9.17, 15) is 21.6 Å². The molecule has 0 N–H and O–H groups in total. The highest BCUT2D eigenvalue weighted by Crippen LogP contribution is 2.29. The zero-order valence-electron chi connectivity index (χ0n) is 9.42. The predicted molar refractivity (Wildman–Crippen MR) is 54.8 cm³/mol. The molecule has 2 heterocycles. The number of halogens is 3. The summed E-state index contributed by atoms with van der Waals surface area (Å²) in [6.07, 6.45) is -4.63. The van der Waals surface area contributed by atoms with Crippen LogP contribution in [0.3, 0.4) is 0 Å². The molecular formula is C8H8F3N5O2S. The van der Waals surface area contributed by atoms with Crippen LogP contribution in [0.5, 0.6) is 0 Å². The summed E-state index contributed by atoms with van der Waals surface area (Å²) in [6.45, 7) is -0.646. The minimum atomic E-state index is -4.63. The maximum Gasteiger partial charge on any atom is 0.451 e. The highest BCUT2D eigenvalue weighted by atomic mass is 32.2. The van der Waals surface area contributed by atoms with Crippen LogP contribution >= 0.6 is 0 Å². The third kappa shape index (κ3) is 2.54. The lowest BCUT2D eigenvalue weighted by atomic mass is 10.4. The summed E-state index contributed by atoms with van der Waals surface area (Å²) in [6, 6.07) is 1.51.